The minimum Gasteiger partial charge on any atom is -0.497 e. The first-order valence-corrected chi connectivity index (χ1v) is 8.49. The van der Waals surface area contributed by atoms with Gasteiger partial charge in [0.25, 0.3) is 0 Å². The molecule has 25 heavy (non-hydrogen) atoms. The Hall–Kier alpha value is -2.69. The average molecular weight is 342 g/mol. The van der Waals surface area contributed by atoms with Crippen LogP contribution >= 0.6 is 0 Å². The normalized spacial score (nSPS) is 10.2. The molecule has 0 heterocycles. The van der Waals surface area contributed by atoms with Gasteiger partial charge in [-0.15, -0.1) is 0 Å². The van der Waals surface area contributed by atoms with E-state index in [-0.39, 0.29) is 12.5 Å². The van der Waals surface area contributed by atoms with E-state index in [9.17, 15) is 4.79 Å². The summed E-state index contributed by atoms with van der Waals surface area (Å²) < 4.78 is 10.5. The Morgan fingerprint density at radius 3 is 2.24 bits per heavy atom. The van der Waals surface area contributed by atoms with Crippen LogP contribution in [0.3, 0.4) is 0 Å². The lowest BCUT2D eigenvalue weighted by Crippen LogP contribution is -2.23. The SMILES string of the molecule is CCc1cccc(CC)c1NC(=O)CNc1cc(OC)ccc1OC. The summed E-state index contributed by atoms with van der Waals surface area (Å²) in [6.07, 6.45) is 1.75. The number of anilines is 2. The first kappa shape index (κ1) is 18.6. The topological polar surface area (TPSA) is 59.6 Å². The van der Waals surface area contributed by atoms with Gasteiger partial charge in [-0.25, -0.2) is 0 Å². The fourth-order valence-electron chi connectivity index (χ4n) is 2.71. The van der Waals surface area contributed by atoms with E-state index in [1.165, 1.54) is 0 Å². The highest BCUT2D eigenvalue weighted by atomic mass is 16.5. The number of ether oxygens (including phenoxy) is 2. The molecule has 0 fully saturated rings. The summed E-state index contributed by atoms with van der Waals surface area (Å²) in [4.78, 5) is 12.4. The predicted molar refractivity (Wildman–Crippen MR) is 102 cm³/mol. The quantitative estimate of drug-likeness (QED) is 0.764. The van der Waals surface area contributed by atoms with Crippen LogP contribution in [-0.4, -0.2) is 26.7 Å². The van der Waals surface area contributed by atoms with Crippen LogP contribution < -0.4 is 20.1 Å². The maximum Gasteiger partial charge on any atom is 0.243 e. The number of nitrogens with one attached hydrogen (secondary N) is 2. The molecule has 0 atom stereocenters. The molecule has 0 aliphatic carbocycles. The van der Waals surface area contributed by atoms with E-state index < -0.39 is 0 Å². The van der Waals surface area contributed by atoms with Crippen molar-refractivity contribution in [3.8, 4) is 11.5 Å². The number of para-hydroxylation sites is 1. The molecular formula is C20H26N2O3. The Balaban J connectivity index is 2.09. The number of carbonyl (C=O) groups excluding carboxylic acids is 1. The molecule has 0 saturated carbocycles. The molecule has 0 aliphatic rings. The Bertz CT molecular complexity index is 707. The fourth-order valence-corrected chi connectivity index (χ4v) is 2.71. The van der Waals surface area contributed by atoms with E-state index in [2.05, 4.69) is 24.5 Å². The van der Waals surface area contributed by atoms with Gasteiger partial charge in [0.15, 0.2) is 0 Å². The standard InChI is InChI=1S/C20H26N2O3/c1-5-14-8-7-9-15(6-2)20(14)22-19(23)13-21-17-12-16(24-3)10-11-18(17)25-4/h7-12,21H,5-6,13H2,1-4H3,(H,22,23). The summed E-state index contributed by atoms with van der Waals surface area (Å²) in [5, 5.41) is 6.16. The lowest BCUT2D eigenvalue weighted by Gasteiger charge is -2.16. The van der Waals surface area contributed by atoms with Crippen LogP contribution in [0.1, 0.15) is 25.0 Å². The molecule has 2 aromatic rings. The van der Waals surface area contributed by atoms with E-state index >= 15 is 0 Å². The van der Waals surface area contributed by atoms with E-state index in [0.29, 0.717) is 11.5 Å². The molecule has 0 unspecified atom stereocenters. The van der Waals surface area contributed by atoms with Crippen molar-refractivity contribution in [1.82, 2.24) is 0 Å². The van der Waals surface area contributed by atoms with Crippen LogP contribution in [0.15, 0.2) is 36.4 Å². The maximum atomic E-state index is 12.4. The molecule has 0 aromatic heterocycles. The Kier molecular flexibility index (Phi) is 6.69. The number of methoxy groups -OCH3 is 2. The van der Waals surface area contributed by atoms with Crippen molar-refractivity contribution in [1.29, 1.82) is 0 Å². The average Bonchev–Trinajstić information content (AvgIpc) is 2.66. The second-order valence-electron chi connectivity index (χ2n) is 5.63. The number of hydrogen-bond acceptors (Lipinski definition) is 4. The molecular weight excluding hydrogens is 316 g/mol. The van der Waals surface area contributed by atoms with E-state index in [1.807, 2.05) is 30.3 Å². The third kappa shape index (κ3) is 4.66. The third-order valence-electron chi connectivity index (χ3n) is 4.11. The first-order valence-electron chi connectivity index (χ1n) is 8.49. The smallest absolute Gasteiger partial charge is 0.243 e. The molecule has 0 spiro atoms. The van der Waals surface area contributed by atoms with Crippen LogP contribution in [0.5, 0.6) is 11.5 Å². The molecule has 5 heteroatoms. The molecule has 0 saturated heterocycles. The molecule has 0 aliphatic heterocycles. The Labute approximate surface area is 149 Å². The number of benzene rings is 2. The van der Waals surface area contributed by atoms with Crippen molar-refractivity contribution >= 4 is 17.3 Å². The molecule has 2 N–H and O–H groups in total. The maximum absolute atomic E-state index is 12.4. The summed E-state index contributed by atoms with van der Waals surface area (Å²) in [5.41, 5.74) is 3.94. The summed E-state index contributed by atoms with van der Waals surface area (Å²) in [5.74, 6) is 1.27. The lowest BCUT2D eigenvalue weighted by molar-refractivity contribution is -0.114. The van der Waals surface area contributed by atoms with Gasteiger partial charge in [-0.1, -0.05) is 32.0 Å². The van der Waals surface area contributed by atoms with Gasteiger partial charge in [0.2, 0.25) is 5.91 Å². The van der Waals surface area contributed by atoms with Crippen molar-refractivity contribution in [3.63, 3.8) is 0 Å². The van der Waals surface area contributed by atoms with Crippen LogP contribution in [-0.2, 0) is 17.6 Å². The number of amides is 1. The molecule has 2 rings (SSSR count). The van der Waals surface area contributed by atoms with Gasteiger partial charge in [-0.2, -0.15) is 0 Å². The van der Waals surface area contributed by atoms with E-state index in [4.69, 9.17) is 9.47 Å². The molecule has 1 amide bonds. The zero-order chi connectivity index (χ0) is 18.2. The summed E-state index contributed by atoms with van der Waals surface area (Å²) in [6.45, 7) is 4.32. The van der Waals surface area contributed by atoms with Gasteiger partial charge in [0, 0.05) is 11.8 Å². The number of carbonyl (C=O) groups is 1. The highest BCUT2D eigenvalue weighted by Crippen LogP contribution is 2.29. The van der Waals surface area contributed by atoms with Crippen LogP contribution in [0.2, 0.25) is 0 Å². The van der Waals surface area contributed by atoms with Gasteiger partial charge in [-0.3, -0.25) is 4.79 Å². The Morgan fingerprint density at radius 1 is 1.00 bits per heavy atom. The molecule has 0 bridgehead atoms. The molecule has 5 nitrogen and oxygen atoms in total. The highest BCUT2D eigenvalue weighted by molar-refractivity contribution is 5.95. The van der Waals surface area contributed by atoms with E-state index in [1.54, 1.807) is 20.3 Å². The second-order valence-corrected chi connectivity index (χ2v) is 5.63. The van der Waals surface area contributed by atoms with Crippen LogP contribution in [0.25, 0.3) is 0 Å². The van der Waals surface area contributed by atoms with Gasteiger partial charge in [0.05, 0.1) is 26.5 Å². The predicted octanol–water partition coefficient (Wildman–Crippen LogP) is 3.88. The van der Waals surface area contributed by atoms with Crippen molar-refractivity contribution in [2.24, 2.45) is 0 Å². The first-order chi connectivity index (χ1) is 12.1. The monoisotopic (exact) mass is 342 g/mol. The second kappa shape index (κ2) is 8.97. The van der Waals surface area contributed by atoms with Crippen LogP contribution in [0, 0.1) is 0 Å². The number of aryl methyl sites for hydroxylation is 2. The van der Waals surface area contributed by atoms with Gasteiger partial charge < -0.3 is 20.1 Å². The Morgan fingerprint density at radius 2 is 1.68 bits per heavy atom. The van der Waals surface area contributed by atoms with Crippen molar-refractivity contribution in [2.45, 2.75) is 26.7 Å². The summed E-state index contributed by atoms with van der Waals surface area (Å²) in [6, 6.07) is 11.6. The van der Waals surface area contributed by atoms with Crippen molar-refractivity contribution in [2.75, 3.05) is 31.4 Å². The van der Waals surface area contributed by atoms with Crippen LogP contribution in [0.4, 0.5) is 11.4 Å². The van der Waals surface area contributed by atoms with Gasteiger partial charge in [0.1, 0.15) is 11.5 Å². The lowest BCUT2D eigenvalue weighted by atomic mass is 10.0. The van der Waals surface area contributed by atoms with Crippen molar-refractivity contribution in [3.05, 3.63) is 47.5 Å². The minimum atomic E-state index is -0.0968. The summed E-state index contributed by atoms with van der Waals surface area (Å²) >= 11 is 0. The molecule has 134 valence electrons. The summed E-state index contributed by atoms with van der Waals surface area (Å²) in [7, 11) is 3.20. The van der Waals surface area contributed by atoms with Gasteiger partial charge in [-0.05, 0) is 36.1 Å². The minimum absolute atomic E-state index is 0.0968. The van der Waals surface area contributed by atoms with E-state index in [0.717, 1.165) is 35.3 Å². The zero-order valence-corrected chi connectivity index (χ0v) is 15.3. The largest absolute Gasteiger partial charge is 0.497 e. The number of rotatable bonds is 8. The van der Waals surface area contributed by atoms with Crippen molar-refractivity contribution < 1.29 is 14.3 Å². The fraction of sp³-hybridized carbons (Fsp3) is 0.350. The molecule has 0 radical (unpaired) electrons. The zero-order valence-electron chi connectivity index (χ0n) is 15.3. The highest BCUT2D eigenvalue weighted by Gasteiger charge is 2.11. The van der Waals surface area contributed by atoms with Gasteiger partial charge >= 0.3 is 0 Å². The molecule has 2 aromatic carbocycles. The number of hydrogen-bond donors (Lipinski definition) is 2. The third-order valence-corrected chi connectivity index (χ3v) is 4.11.